The first-order valence-corrected chi connectivity index (χ1v) is 7.83. The third-order valence-electron chi connectivity index (χ3n) is 3.02. The summed E-state index contributed by atoms with van der Waals surface area (Å²) in [6, 6.07) is 4.92. The number of thioether (sulfide) groups is 1. The highest BCUT2D eigenvalue weighted by Crippen LogP contribution is 2.28. The SMILES string of the molecule is COc1ccc(NC(C)=O)cc1NC(=O)C1CSCCN1. The van der Waals surface area contributed by atoms with Crippen LogP contribution in [0.25, 0.3) is 0 Å². The fourth-order valence-electron chi connectivity index (χ4n) is 2.04. The molecule has 0 bridgehead atoms. The molecule has 0 radical (unpaired) electrons. The Morgan fingerprint density at radius 2 is 2.19 bits per heavy atom. The van der Waals surface area contributed by atoms with E-state index in [4.69, 9.17) is 4.74 Å². The summed E-state index contributed by atoms with van der Waals surface area (Å²) < 4.78 is 5.24. The number of rotatable bonds is 4. The Balaban J connectivity index is 2.12. The summed E-state index contributed by atoms with van der Waals surface area (Å²) in [6.45, 7) is 2.26. The van der Waals surface area contributed by atoms with E-state index in [-0.39, 0.29) is 17.9 Å². The number of hydrogen-bond acceptors (Lipinski definition) is 5. The lowest BCUT2D eigenvalue weighted by molar-refractivity contribution is -0.117. The van der Waals surface area contributed by atoms with Crippen LogP contribution < -0.4 is 20.7 Å². The quantitative estimate of drug-likeness (QED) is 0.781. The van der Waals surface area contributed by atoms with Gasteiger partial charge in [-0.15, -0.1) is 0 Å². The van der Waals surface area contributed by atoms with E-state index in [1.165, 1.54) is 14.0 Å². The Kier molecular flexibility index (Phi) is 5.46. The van der Waals surface area contributed by atoms with Crippen molar-refractivity contribution in [3.63, 3.8) is 0 Å². The maximum absolute atomic E-state index is 12.2. The fourth-order valence-corrected chi connectivity index (χ4v) is 2.97. The first-order valence-electron chi connectivity index (χ1n) is 6.68. The standard InChI is InChI=1S/C14H19N3O3S/c1-9(18)16-10-3-4-13(20-2)11(7-10)17-14(19)12-8-21-6-5-15-12/h3-4,7,12,15H,5-6,8H2,1-2H3,(H,16,18)(H,17,19). The summed E-state index contributed by atoms with van der Waals surface area (Å²) in [5, 5.41) is 8.72. The number of hydrogen-bond donors (Lipinski definition) is 3. The first-order chi connectivity index (χ1) is 10.1. The summed E-state index contributed by atoms with van der Waals surface area (Å²) in [4.78, 5) is 23.3. The van der Waals surface area contributed by atoms with Crippen LogP contribution in [-0.2, 0) is 9.59 Å². The van der Waals surface area contributed by atoms with Gasteiger partial charge in [0.15, 0.2) is 0 Å². The van der Waals surface area contributed by atoms with Gasteiger partial charge >= 0.3 is 0 Å². The van der Waals surface area contributed by atoms with Gasteiger partial charge in [0.1, 0.15) is 5.75 Å². The molecule has 0 spiro atoms. The number of carbonyl (C=O) groups is 2. The van der Waals surface area contributed by atoms with Crippen molar-refractivity contribution >= 4 is 35.0 Å². The zero-order valence-electron chi connectivity index (χ0n) is 12.1. The van der Waals surface area contributed by atoms with E-state index in [0.29, 0.717) is 17.1 Å². The van der Waals surface area contributed by atoms with Crippen LogP contribution in [0.2, 0.25) is 0 Å². The minimum absolute atomic E-state index is 0.0968. The molecule has 3 N–H and O–H groups in total. The molecule has 2 rings (SSSR count). The lowest BCUT2D eigenvalue weighted by Crippen LogP contribution is -2.46. The van der Waals surface area contributed by atoms with Crippen LogP contribution in [0.3, 0.4) is 0 Å². The second-order valence-electron chi connectivity index (χ2n) is 4.67. The Bertz CT molecular complexity index is 530. The molecule has 0 aromatic heterocycles. The lowest BCUT2D eigenvalue weighted by atomic mass is 10.2. The van der Waals surface area contributed by atoms with Crippen LogP contribution in [0.15, 0.2) is 18.2 Å². The molecule has 1 aliphatic rings. The van der Waals surface area contributed by atoms with Gasteiger partial charge in [-0.25, -0.2) is 0 Å². The highest BCUT2D eigenvalue weighted by atomic mass is 32.2. The van der Waals surface area contributed by atoms with Gasteiger partial charge in [0.05, 0.1) is 18.8 Å². The molecule has 0 saturated carbocycles. The van der Waals surface area contributed by atoms with Crippen LogP contribution >= 0.6 is 11.8 Å². The van der Waals surface area contributed by atoms with Crippen LogP contribution in [-0.4, -0.2) is 43.0 Å². The second-order valence-corrected chi connectivity index (χ2v) is 5.82. The van der Waals surface area contributed by atoms with Gasteiger partial charge in [0, 0.05) is 30.7 Å². The topological polar surface area (TPSA) is 79.5 Å². The van der Waals surface area contributed by atoms with E-state index in [9.17, 15) is 9.59 Å². The molecule has 1 aromatic rings. The summed E-state index contributed by atoms with van der Waals surface area (Å²) >= 11 is 1.75. The largest absolute Gasteiger partial charge is 0.495 e. The fraction of sp³-hybridized carbons (Fsp3) is 0.429. The summed E-state index contributed by atoms with van der Waals surface area (Å²) in [6.07, 6.45) is 0. The minimum atomic E-state index is -0.210. The van der Waals surface area contributed by atoms with Crippen molar-refractivity contribution in [3.8, 4) is 5.75 Å². The van der Waals surface area contributed by atoms with E-state index in [1.54, 1.807) is 30.0 Å². The lowest BCUT2D eigenvalue weighted by Gasteiger charge is -2.22. The maximum atomic E-state index is 12.2. The van der Waals surface area contributed by atoms with E-state index < -0.39 is 0 Å². The van der Waals surface area contributed by atoms with Gasteiger partial charge in [-0.05, 0) is 18.2 Å². The molecular formula is C14H19N3O3S. The molecule has 2 amide bonds. The molecule has 0 aliphatic carbocycles. The van der Waals surface area contributed by atoms with Gasteiger partial charge < -0.3 is 20.7 Å². The highest BCUT2D eigenvalue weighted by molar-refractivity contribution is 7.99. The number of carbonyl (C=O) groups excluding carboxylic acids is 2. The van der Waals surface area contributed by atoms with Gasteiger partial charge in [-0.2, -0.15) is 11.8 Å². The van der Waals surface area contributed by atoms with Gasteiger partial charge in [0.2, 0.25) is 11.8 Å². The normalized spacial score (nSPS) is 17.9. The van der Waals surface area contributed by atoms with Gasteiger partial charge in [-0.3, -0.25) is 9.59 Å². The third-order valence-corrected chi connectivity index (χ3v) is 4.08. The Labute approximate surface area is 128 Å². The van der Waals surface area contributed by atoms with Crippen molar-refractivity contribution in [1.29, 1.82) is 0 Å². The summed E-state index contributed by atoms with van der Waals surface area (Å²) in [5.41, 5.74) is 1.16. The van der Waals surface area contributed by atoms with Crippen LogP contribution in [0.1, 0.15) is 6.92 Å². The molecule has 1 aromatic carbocycles. The molecule has 6 nitrogen and oxygen atoms in total. The molecule has 1 fully saturated rings. The molecule has 114 valence electrons. The summed E-state index contributed by atoms with van der Waals surface area (Å²) in [7, 11) is 1.54. The predicted octanol–water partition coefficient (Wildman–Crippen LogP) is 1.30. The van der Waals surface area contributed by atoms with Crippen molar-refractivity contribution in [3.05, 3.63) is 18.2 Å². The predicted molar refractivity (Wildman–Crippen MR) is 85.0 cm³/mol. The molecule has 21 heavy (non-hydrogen) atoms. The Hall–Kier alpha value is -1.73. The van der Waals surface area contributed by atoms with E-state index in [1.807, 2.05) is 0 Å². The molecule has 1 unspecified atom stereocenters. The zero-order valence-corrected chi connectivity index (χ0v) is 12.9. The van der Waals surface area contributed by atoms with Crippen molar-refractivity contribution in [2.24, 2.45) is 0 Å². The molecule has 1 heterocycles. The van der Waals surface area contributed by atoms with Crippen molar-refractivity contribution in [2.75, 3.05) is 35.8 Å². The smallest absolute Gasteiger partial charge is 0.242 e. The zero-order chi connectivity index (χ0) is 15.2. The first kappa shape index (κ1) is 15.7. The molecule has 1 saturated heterocycles. The average Bonchev–Trinajstić information content (AvgIpc) is 2.48. The molecule has 1 aliphatic heterocycles. The Morgan fingerprint density at radius 1 is 1.38 bits per heavy atom. The third kappa shape index (κ3) is 4.37. The molecular weight excluding hydrogens is 290 g/mol. The minimum Gasteiger partial charge on any atom is -0.495 e. The highest BCUT2D eigenvalue weighted by Gasteiger charge is 2.22. The second kappa shape index (κ2) is 7.33. The van der Waals surface area contributed by atoms with E-state index in [0.717, 1.165) is 18.1 Å². The number of ether oxygens (including phenoxy) is 1. The maximum Gasteiger partial charge on any atom is 0.242 e. The number of anilines is 2. The van der Waals surface area contributed by atoms with Crippen LogP contribution in [0.5, 0.6) is 5.75 Å². The van der Waals surface area contributed by atoms with Crippen molar-refractivity contribution in [1.82, 2.24) is 5.32 Å². The van der Waals surface area contributed by atoms with E-state index >= 15 is 0 Å². The van der Waals surface area contributed by atoms with Crippen LogP contribution in [0.4, 0.5) is 11.4 Å². The number of benzene rings is 1. The summed E-state index contributed by atoms with van der Waals surface area (Å²) in [5.74, 6) is 2.06. The van der Waals surface area contributed by atoms with E-state index in [2.05, 4.69) is 16.0 Å². The van der Waals surface area contributed by atoms with Gasteiger partial charge in [0.25, 0.3) is 0 Å². The Morgan fingerprint density at radius 3 is 2.81 bits per heavy atom. The van der Waals surface area contributed by atoms with Gasteiger partial charge in [-0.1, -0.05) is 0 Å². The monoisotopic (exact) mass is 309 g/mol. The average molecular weight is 309 g/mol. The number of methoxy groups -OCH3 is 1. The molecule has 1 atom stereocenters. The number of nitrogens with one attached hydrogen (secondary N) is 3. The van der Waals surface area contributed by atoms with Crippen molar-refractivity contribution in [2.45, 2.75) is 13.0 Å². The van der Waals surface area contributed by atoms with Crippen LogP contribution in [0, 0.1) is 0 Å². The van der Waals surface area contributed by atoms with Crippen molar-refractivity contribution < 1.29 is 14.3 Å². The molecule has 7 heteroatoms. The number of amides is 2.